The molecule has 0 heterocycles. The van der Waals surface area contributed by atoms with Crippen molar-refractivity contribution in [3.8, 4) is 0 Å². The summed E-state index contributed by atoms with van der Waals surface area (Å²) in [6.07, 6.45) is 0. The van der Waals surface area contributed by atoms with Crippen LogP contribution in [0.4, 0.5) is 5.69 Å². The van der Waals surface area contributed by atoms with Crippen LogP contribution in [0, 0.1) is 0 Å². The number of benzene rings is 1. The highest BCUT2D eigenvalue weighted by Crippen LogP contribution is 2.08. The monoisotopic (exact) mass is 181 g/mol. The summed E-state index contributed by atoms with van der Waals surface area (Å²) in [4.78, 5) is 0. The Labute approximate surface area is 78.0 Å². The van der Waals surface area contributed by atoms with E-state index in [1.807, 2.05) is 30.3 Å². The van der Waals surface area contributed by atoms with Gasteiger partial charge in [0.1, 0.15) is 5.60 Å². The number of hydrogen-bond donors (Lipinski definition) is 3. The van der Waals surface area contributed by atoms with Crippen molar-refractivity contribution in [3.63, 3.8) is 0 Å². The Bertz CT molecular complexity index is 246. The molecule has 1 rings (SSSR count). The lowest BCUT2D eigenvalue weighted by Gasteiger charge is -2.21. The van der Waals surface area contributed by atoms with Crippen LogP contribution in [0.15, 0.2) is 30.3 Å². The van der Waals surface area contributed by atoms with Crippen LogP contribution in [-0.4, -0.2) is 29.0 Å². The number of rotatable bonds is 4. The fourth-order valence-electron chi connectivity index (χ4n) is 0.904. The molecule has 1 aromatic carbocycles. The minimum absolute atomic E-state index is 0.243. The Morgan fingerprint density at radius 2 is 1.92 bits per heavy atom. The highest BCUT2D eigenvalue weighted by molar-refractivity contribution is 5.42. The average Bonchev–Trinajstić information content (AvgIpc) is 2.17. The van der Waals surface area contributed by atoms with Crippen LogP contribution in [-0.2, 0) is 0 Å². The third-order valence-corrected chi connectivity index (χ3v) is 1.79. The summed E-state index contributed by atoms with van der Waals surface area (Å²) in [6, 6.07) is 9.57. The second kappa shape index (κ2) is 4.25. The van der Waals surface area contributed by atoms with E-state index in [2.05, 4.69) is 5.32 Å². The number of aliphatic hydroxyl groups is 2. The quantitative estimate of drug-likeness (QED) is 0.645. The van der Waals surface area contributed by atoms with E-state index in [0.717, 1.165) is 5.69 Å². The van der Waals surface area contributed by atoms with E-state index in [1.54, 1.807) is 6.92 Å². The molecule has 13 heavy (non-hydrogen) atoms. The summed E-state index contributed by atoms with van der Waals surface area (Å²) in [6.45, 7) is 1.68. The van der Waals surface area contributed by atoms with Crippen molar-refractivity contribution in [2.24, 2.45) is 0 Å². The molecule has 0 spiro atoms. The smallest absolute Gasteiger partial charge is 0.102 e. The Balaban J connectivity index is 2.44. The van der Waals surface area contributed by atoms with E-state index in [0.29, 0.717) is 6.54 Å². The molecule has 0 amide bonds. The molecule has 0 radical (unpaired) electrons. The predicted octanol–water partition coefficient (Wildman–Crippen LogP) is 0.842. The molecular weight excluding hydrogens is 166 g/mol. The second-order valence-electron chi connectivity index (χ2n) is 3.37. The molecule has 0 bridgehead atoms. The zero-order valence-corrected chi connectivity index (χ0v) is 7.70. The maximum atomic E-state index is 9.47. The van der Waals surface area contributed by atoms with Crippen LogP contribution in [0.1, 0.15) is 6.92 Å². The molecule has 1 aromatic rings. The van der Waals surface area contributed by atoms with Crippen molar-refractivity contribution in [2.45, 2.75) is 12.5 Å². The van der Waals surface area contributed by atoms with Gasteiger partial charge in [0.2, 0.25) is 0 Å². The van der Waals surface area contributed by atoms with Crippen molar-refractivity contribution in [2.75, 3.05) is 18.5 Å². The minimum Gasteiger partial charge on any atom is -0.393 e. The minimum atomic E-state index is -1.06. The van der Waals surface area contributed by atoms with Gasteiger partial charge in [0, 0.05) is 12.2 Å². The second-order valence-corrected chi connectivity index (χ2v) is 3.37. The standard InChI is InChI=1S/C10H15NO2/c1-10(13,8-12)7-11-9-5-3-2-4-6-9/h2-6,11-13H,7-8H2,1H3/t10-/m0/s1. The molecule has 0 saturated carbocycles. The molecule has 3 N–H and O–H groups in total. The summed E-state index contributed by atoms with van der Waals surface area (Å²) in [7, 11) is 0. The lowest BCUT2D eigenvalue weighted by Crippen LogP contribution is -2.37. The van der Waals surface area contributed by atoms with Gasteiger partial charge in [0.15, 0.2) is 0 Å². The Morgan fingerprint density at radius 3 is 2.46 bits per heavy atom. The van der Waals surface area contributed by atoms with Crippen molar-refractivity contribution in [1.82, 2.24) is 0 Å². The van der Waals surface area contributed by atoms with Gasteiger partial charge in [-0.1, -0.05) is 18.2 Å². The number of hydrogen-bond acceptors (Lipinski definition) is 3. The maximum absolute atomic E-state index is 9.47. The molecule has 0 aliphatic rings. The van der Waals surface area contributed by atoms with E-state index in [4.69, 9.17) is 5.11 Å². The van der Waals surface area contributed by atoms with E-state index in [1.165, 1.54) is 0 Å². The van der Waals surface area contributed by atoms with Gasteiger partial charge in [-0.05, 0) is 19.1 Å². The van der Waals surface area contributed by atoms with Crippen molar-refractivity contribution >= 4 is 5.69 Å². The number of nitrogens with one attached hydrogen (secondary N) is 1. The molecule has 72 valence electrons. The van der Waals surface area contributed by atoms with Crippen LogP contribution >= 0.6 is 0 Å². The highest BCUT2D eigenvalue weighted by atomic mass is 16.3. The fourth-order valence-corrected chi connectivity index (χ4v) is 0.904. The molecule has 0 saturated heterocycles. The predicted molar refractivity (Wildman–Crippen MR) is 52.6 cm³/mol. The summed E-state index contributed by atoms with van der Waals surface area (Å²) in [5.41, 5.74) is -0.119. The topological polar surface area (TPSA) is 52.5 Å². The summed E-state index contributed by atoms with van der Waals surface area (Å²) in [5, 5.41) is 21.3. The summed E-state index contributed by atoms with van der Waals surface area (Å²) < 4.78 is 0. The van der Waals surface area contributed by atoms with Gasteiger partial charge in [0.05, 0.1) is 6.61 Å². The first-order valence-corrected chi connectivity index (χ1v) is 4.26. The largest absolute Gasteiger partial charge is 0.393 e. The fraction of sp³-hybridized carbons (Fsp3) is 0.400. The Kier molecular flexibility index (Phi) is 3.28. The van der Waals surface area contributed by atoms with Gasteiger partial charge in [-0.3, -0.25) is 0 Å². The maximum Gasteiger partial charge on any atom is 0.102 e. The van der Waals surface area contributed by atoms with Gasteiger partial charge >= 0.3 is 0 Å². The van der Waals surface area contributed by atoms with Crippen molar-refractivity contribution < 1.29 is 10.2 Å². The molecule has 0 unspecified atom stereocenters. The average molecular weight is 181 g/mol. The molecule has 3 heteroatoms. The SMILES string of the molecule is C[C@@](O)(CO)CNc1ccccc1. The van der Waals surface area contributed by atoms with E-state index >= 15 is 0 Å². The summed E-state index contributed by atoms with van der Waals surface area (Å²) in [5.74, 6) is 0. The van der Waals surface area contributed by atoms with Crippen LogP contribution < -0.4 is 5.32 Å². The molecule has 0 aliphatic heterocycles. The van der Waals surface area contributed by atoms with Crippen molar-refractivity contribution in [1.29, 1.82) is 0 Å². The van der Waals surface area contributed by atoms with E-state index < -0.39 is 5.60 Å². The molecular formula is C10H15NO2. The van der Waals surface area contributed by atoms with Gasteiger partial charge < -0.3 is 15.5 Å². The number of aliphatic hydroxyl groups excluding tert-OH is 1. The zero-order chi connectivity index (χ0) is 9.73. The van der Waals surface area contributed by atoms with E-state index in [-0.39, 0.29) is 6.61 Å². The number of para-hydroxylation sites is 1. The van der Waals surface area contributed by atoms with Crippen LogP contribution in [0.2, 0.25) is 0 Å². The zero-order valence-electron chi connectivity index (χ0n) is 7.70. The van der Waals surface area contributed by atoms with Crippen LogP contribution in [0.25, 0.3) is 0 Å². The third kappa shape index (κ3) is 3.44. The summed E-state index contributed by atoms with van der Waals surface area (Å²) >= 11 is 0. The molecule has 1 atom stereocenters. The van der Waals surface area contributed by atoms with Gasteiger partial charge in [-0.25, -0.2) is 0 Å². The lowest BCUT2D eigenvalue weighted by atomic mass is 10.1. The Hall–Kier alpha value is -1.06. The van der Waals surface area contributed by atoms with Gasteiger partial charge in [0.25, 0.3) is 0 Å². The first-order chi connectivity index (χ1) is 6.14. The molecule has 3 nitrogen and oxygen atoms in total. The van der Waals surface area contributed by atoms with Crippen LogP contribution in [0.5, 0.6) is 0 Å². The third-order valence-electron chi connectivity index (χ3n) is 1.79. The first-order valence-electron chi connectivity index (χ1n) is 4.26. The first kappa shape index (κ1) is 10.0. The van der Waals surface area contributed by atoms with E-state index in [9.17, 15) is 5.11 Å². The Morgan fingerprint density at radius 1 is 1.31 bits per heavy atom. The van der Waals surface area contributed by atoms with Gasteiger partial charge in [-0.15, -0.1) is 0 Å². The lowest BCUT2D eigenvalue weighted by molar-refractivity contribution is 0.0132. The molecule has 0 aromatic heterocycles. The van der Waals surface area contributed by atoms with Crippen molar-refractivity contribution in [3.05, 3.63) is 30.3 Å². The highest BCUT2D eigenvalue weighted by Gasteiger charge is 2.17. The molecule has 0 fully saturated rings. The number of anilines is 1. The van der Waals surface area contributed by atoms with Crippen LogP contribution in [0.3, 0.4) is 0 Å². The van der Waals surface area contributed by atoms with Gasteiger partial charge in [-0.2, -0.15) is 0 Å². The normalized spacial score (nSPS) is 15.0. The molecule has 0 aliphatic carbocycles.